The molecule has 2 nitrogen and oxygen atoms in total. The molecule has 2 bridgehead atoms. The van der Waals surface area contributed by atoms with Crippen LogP contribution in [-0.4, -0.2) is 11.3 Å². The summed E-state index contributed by atoms with van der Waals surface area (Å²) < 4.78 is 0. The Morgan fingerprint density at radius 3 is 2.45 bits per heavy atom. The Morgan fingerprint density at radius 1 is 1.20 bits per heavy atom. The van der Waals surface area contributed by atoms with E-state index in [4.69, 9.17) is 5.73 Å². The number of carbonyl (C=O) groups excluding carboxylic acids is 1. The van der Waals surface area contributed by atoms with Gasteiger partial charge in [0.2, 0.25) is 0 Å². The monoisotopic (exact) mass is 269 g/mol. The minimum absolute atomic E-state index is 0.141. The van der Waals surface area contributed by atoms with Crippen molar-refractivity contribution < 1.29 is 4.79 Å². The van der Waals surface area contributed by atoms with E-state index in [-0.39, 0.29) is 11.8 Å². The summed E-state index contributed by atoms with van der Waals surface area (Å²) in [4.78, 5) is 12.5. The Morgan fingerprint density at radius 2 is 1.80 bits per heavy atom. The molecule has 20 heavy (non-hydrogen) atoms. The number of fused-ring (bicyclic) bond motifs is 3. The third-order valence-corrected chi connectivity index (χ3v) is 5.36. The zero-order valence-corrected chi connectivity index (χ0v) is 12.7. The maximum absolute atomic E-state index is 12.5. The summed E-state index contributed by atoms with van der Waals surface area (Å²) in [6, 6.07) is 0. The lowest BCUT2D eigenvalue weighted by Gasteiger charge is -2.40. The highest BCUT2D eigenvalue weighted by molar-refractivity contribution is 5.99. The van der Waals surface area contributed by atoms with Crippen LogP contribution in [0.15, 0.2) is 46.6 Å². The zero-order valence-electron chi connectivity index (χ0n) is 12.7. The van der Waals surface area contributed by atoms with E-state index in [2.05, 4.69) is 38.2 Å². The Hall–Kier alpha value is -1.41. The normalized spacial score (nSPS) is 40.0. The van der Waals surface area contributed by atoms with Crippen molar-refractivity contribution in [3.63, 3.8) is 0 Å². The lowest BCUT2D eigenvalue weighted by Crippen LogP contribution is -2.36. The average molecular weight is 269 g/mol. The van der Waals surface area contributed by atoms with Crippen LogP contribution in [0.5, 0.6) is 0 Å². The van der Waals surface area contributed by atoms with E-state index in [1.54, 1.807) is 0 Å². The Bertz CT molecular complexity index is 601. The number of hydrogen-bond acceptors (Lipinski definition) is 2. The number of allylic oxidation sites excluding steroid dienone is 6. The summed E-state index contributed by atoms with van der Waals surface area (Å²) in [5.74, 6) is 1.16. The highest BCUT2D eigenvalue weighted by Gasteiger charge is 2.42. The first-order chi connectivity index (χ1) is 9.32. The molecule has 0 saturated carbocycles. The van der Waals surface area contributed by atoms with Gasteiger partial charge in [-0.3, -0.25) is 4.79 Å². The third kappa shape index (κ3) is 1.86. The smallest absolute Gasteiger partial charge is 0.162 e. The van der Waals surface area contributed by atoms with Crippen LogP contribution in [0.4, 0.5) is 0 Å². The highest BCUT2D eigenvalue weighted by atomic mass is 16.1. The first-order valence-electron chi connectivity index (χ1n) is 7.45. The molecule has 0 heterocycles. The highest BCUT2D eigenvalue weighted by Crippen LogP contribution is 2.48. The summed E-state index contributed by atoms with van der Waals surface area (Å²) in [7, 11) is 0. The van der Waals surface area contributed by atoms with Crippen LogP contribution in [-0.2, 0) is 4.79 Å². The molecule has 0 radical (unpaired) electrons. The van der Waals surface area contributed by atoms with Gasteiger partial charge in [-0.1, -0.05) is 36.8 Å². The van der Waals surface area contributed by atoms with Gasteiger partial charge in [0.05, 0.1) is 5.54 Å². The van der Waals surface area contributed by atoms with Crippen LogP contribution in [0.3, 0.4) is 0 Å². The van der Waals surface area contributed by atoms with Gasteiger partial charge in [0.1, 0.15) is 0 Å². The fourth-order valence-corrected chi connectivity index (χ4v) is 3.80. The lowest BCUT2D eigenvalue weighted by molar-refractivity contribution is -0.121. The molecule has 0 aromatic rings. The van der Waals surface area contributed by atoms with Crippen molar-refractivity contribution in [1.29, 1.82) is 0 Å². The van der Waals surface area contributed by atoms with Crippen LogP contribution >= 0.6 is 0 Å². The van der Waals surface area contributed by atoms with Crippen molar-refractivity contribution in [2.75, 3.05) is 0 Å². The Kier molecular flexibility index (Phi) is 2.91. The molecule has 3 aliphatic carbocycles. The second kappa shape index (κ2) is 4.29. The average Bonchev–Trinajstić information content (AvgIpc) is 2.55. The van der Waals surface area contributed by atoms with Gasteiger partial charge in [0, 0.05) is 11.8 Å². The second-order valence-electron chi connectivity index (χ2n) is 6.80. The van der Waals surface area contributed by atoms with Crippen LogP contribution < -0.4 is 5.73 Å². The lowest BCUT2D eigenvalue weighted by atomic mass is 9.62. The molecule has 2 heteroatoms. The first kappa shape index (κ1) is 13.6. The van der Waals surface area contributed by atoms with E-state index >= 15 is 0 Å². The van der Waals surface area contributed by atoms with Gasteiger partial charge in [-0.2, -0.15) is 0 Å². The third-order valence-electron chi connectivity index (χ3n) is 5.36. The van der Waals surface area contributed by atoms with E-state index in [1.807, 2.05) is 13.8 Å². The van der Waals surface area contributed by atoms with E-state index < -0.39 is 5.54 Å². The molecule has 4 atom stereocenters. The van der Waals surface area contributed by atoms with E-state index in [0.29, 0.717) is 11.7 Å². The maximum atomic E-state index is 12.5. The molecule has 2 N–H and O–H groups in total. The standard InChI is InChI=1S/C18H23NO/c1-10-11(2)17(20)16-9-15(10)14-6-8-18(4,19)7-5-13(14)12(16)3/h5-8,12,15-16H,9,19H2,1-4H3. The zero-order chi connectivity index (χ0) is 14.7. The molecule has 0 spiro atoms. The van der Waals surface area contributed by atoms with Crippen molar-refractivity contribution in [2.24, 2.45) is 23.5 Å². The Balaban J connectivity index is 2.17. The minimum Gasteiger partial charge on any atom is -0.319 e. The van der Waals surface area contributed by atoms with Gasteiger partial charge < -0.3 is 5.73 Å². The number of carbonyl (C=O) groups is 1. The fourth-order valence-electron chi connectivity index (χ4n) is 3.80. The SMILES string of the molecule is CC1=C(C)C2CC(C1=O)C(C)C1=C2C=CC(C)(N)C=C1. The molecule has 0 amide bonds. The predicted molar refractivity (Wildman–Crippen MR) is 82.0 cm³/mol. The van der Waals surface area contributed by atoms with Gasteiger partial charge in [-0.15, -0.1) is 0 Å². The fraction of sp³-hybridized carbons (Fsp3) is 0.500. The molecule has 4 unspecified atom stereocenters. The van der Waals surface area contributed by atoms with Gasteiger partial charge in [-0.25, -0.2) is 0 Å². The molecule has 3 aliphatic rings. The second-order valence-corrected chi connectivity index (χ2v) is 6.80. The quantitative estimate of drug-likeness (QED) is 0.733. The molecule has 0 aromatic carbocycles. The van der Waals surface area contributed by atoms with E-state index in [0.717, 1.165) is 12.0 Å². The molecule has 3 rings (SSSR count). The van der Waals surface area contributed by atoms with Gasteiger partial charge >= 0.3 is 0 Å². The summed E-state index contributed by atoms with van der Waals surface area (Å²) in [6.45, 7) is 8.28. The molecular formula is C18H23NO. The van der Waals surface area contributed by atoms with E-state index in [9.17, 15) is 4.79 Å². The molecular weight excluding hydrogens is 246 g/mol. The van der Waals surface area contributed by atoms with Crippen molar-refractivity contribution >= 4 is 5.78 Å². The maximum Gasteiger partial charge on any atom is 0.162 e. The van der Waals surface area contributed by atoms with Crippen LogP contribution in [0.2, 0.25) is 0 Å². The summed E-state index contributed by atoms with van der Waals surface area (Å²) in [5.41, 5.74) is 10.7. The van der Waals surface area contributed by atoms with Crippen LogP contribution in [0, 0.1) is 17.8 Å². The largest absolute Gasteiger partial charge is 0.319 e. The van der Waals surface area contributed by atoms with Crippen molar-refractivity contribution in [1.82, 2.24) is 0 Å². The van der Waals surface area contributed by atoms with Crippen molar-refractivity contribution in [3.8, 4) is 0 Å². The van der Waals surface area contributed by atoms with E-state index in [1.165, 1.54) is 16.7 Å². The number of hydrogen-bond donors (Lipinski definition) is 1. The molecule has 0 aliphatic heterocycles. The topological polar surface area (TPSA) is 43.1 Å². The molecule has 106 valence electrons. The van der Waals surface area contributed by atoms with Gasteiger partial charge in [0.25, 0.3) is 0 Å². The molecule has 0 fully saturated rings. The van der Waals surface area contributed by atoms with Crippen molar-refractivity contribution in [3.05, 3.63) is 46.6 Å². The van der Waals surface area contributed by atoms with Gasteiger partial charge in [-0.05, 0) is 49.8 Å². The number of rotatable bonds is 0. The number of ketones is 1. The first-order valence-corrected chi connectivity index (χ1v) is 7.45. The van der Waals surface area contributed by atoms with Crippen molar-refractivity contribution in [2.45, 2.75) is 39.7 Å². The minimum atomic E-state index is -0.401. The summed E-state index contributed by atoms with van der Waals surface area (Å²) >= 11 is 0. The van der Waals surface area contributed by atoms with Crippen LogP contribution in [0.25, 0.3) is 0 Å². The molecule has 0 saturated heterocycles. The van der Waals surface area contributed by atoms with Gasteiger partial charge in [0.15, 0.2) is 5.78 Å². The molecule has 0 aromatic heterocycles. The summed E-state index contributed by atoms with van der Waals surface area (Å²) in [6.07, 6.45) is 9.44. The summed E-state index contributed by atoms with van der Waals surface area (Å²) in [5, 5.41) is 0. The Labute approximate surface area is 121 Å². The predicted octanol–water partition coefficient (Wildman–Crippen LogP) is 3.32. The number of Topliss-reactive ketones (excluding diaryl/α,β-unsaturated/α-hetero) is 1. The van der Waals surface area contributed by atoms with Crippen LogP contribution in [0.1, 0.15) is 34.1 Å². The number of nitrogens with two attached hydrogens (primary N) is 1.